The van der Waals surface area contributed by atoms with Gasteiger partial charge in [-0.3, -0.25) is 0 Å². The largest absolute Gasteiger partial charge is 0.378 e. The maximum absolute atomic E-state index is 5.45. The van der Waals surface area contributed by atoms with Crippen molar-refractivity contribution in [1.82, 2.24) is 15.0 Å². The standard InChI is InChI=1S/C22H25N7O.ClH/c1-16-8-9-17(2)19(14-16)24-20-25-21(28-23-15-18-6-4-3-5-7-18)27-22(26-20)29-10-12-30-13-11-29;/h3-9,14-15H,10-13H2,1-2H3,(H2,24,25,26,27,28);1H/b23-15+;. The highest BCUT2D eigenvalue weighted by Crippen LogP contribution is 2.22. The van der Waals surface area contributed by atoms with E-state index in [0.29, 0.717) is 31.1 Å². The summed E-state index contributed by atoms with van der Waals surface area (Å²) in [5.41, 5.74) is 7.17. The molecule has 1 fully saturated rings. The van der Waals surface area contributed by atoms with Crippen molar-refractivity contribution in [3.63, 3.8) is 0 Å². The second-order valence-corrected chi connectivity index (χ2v) is 7.11. The van der Waals surface area contributed by atoms with Gasteiger partial charge >= 0.3 is 0 Å². The lowest BCUT2D eigenvalue weighted by molar-refractivity contribution is 0.122. The molecule has 4 rings (SSSR count). The summed E-state index contributed by atoms with van der Waals surface area (Å²) >= 11 is 0. The van der Waals surface area contributed by atoms with Crippen molar-refractivity contribution in [2.24, 2.45) is 5.10 Å². The first-order chi connectivity index (χ1) is 14.7. The van der Waals surface area contributed by atoms with Gasteiger partial charge in [-0.25, -0.2) is 5.43 Å². The Morgan fingerprint density at radius 2 is 1.71 bits per heavy atom. The maximum atomic E-state index is 5.45. The van der Waals surface area contributed by atoms with E-state index in [-0.39, 0.29) is 12.4 Å². The third-order valence-electron chi connectivity index (χ3n) is 4.73. The molecule has 0 spiro atoms. The van der Waals surface area contributed by atoms with Gasteiger partial charge in [-0.2, -0.15) is 20.1 Å². The molecule has 1 saturated heterocycles. The van der Waals surface area contributed by atoms with Gasteiger partial charge in [0.15, 0.2) is 0 Å². The maximum Gasteiger partial charge on any atom is 0.250 e. The van der Waals surface area contributed by atoms with E-state index in [0.717, 1.165) is 35.5 Å². The Morgan fingerprint density at radius 3 is 2.48 bits per heavy atom. The zero-order valence-electron chi connectivity index (χ0n) is 17.6. The van der Waals surface area contributed by atoms with Gasteiger partial charge in [0, 0.05) is 18.8 Å². The van der Waals surface area contributed by atoms with E-state index in [9.17, 15) is 0 Å². The number of halogens is 1. The van der Waals surface area contributed by atoms with Crippen molar-refractivity contribution in [3.05, 3.63) is 65.2 Å². The highest BCUT2D eigenvalue weighted by atomic mass is 35.5. The van der Waals surface area contributed by atoms with E-state index in [1.165, 1.54) is 0 Å². The summed E-state index contributed by atoms with van der Waals surface area (Å²) in [6.07, 6.45) is 1.73. The van der Waals surface area contributed by atoms with Crippen LogP contribution >= 0.6 is 12.4 Å². The van der Waals surface area contributed by atoms with Crippen molar-refractivity contribution < 1.29 is 4.74 Å². The van der Waals surface area contributed by atoms with Crippen molar-refractivity contribution in [2.45, 2.75) is 13.8 Å². The minimum atomic E-state index is 0. The molecule has 2 heterocycles. The van der Waals surface area contributed by atoms with Gasteiger partial charge in [-0.15, -0.1) is 12.4 Å². The van der Waals surface area contributed by atoms with Crippen LogP contribution in [0.2, 0.25) is 0 Å². The first-order valence-corrected chi connectivity index (χ1v) is 9.94. The normalized spacial score (nSPS) is 13.7. The number of benzene rings is 2. The third kappa shape index (κ3) is 6.13. The highest BCUT2D eigenvalue weighted by Gasteiger charge is 2.17. The second-order valence-electron chi connectivity index (χ2n) is 7.11. The van der Waals surface area contributed by atoms with Crippen LogP contribution in [0, 0.1) is 13.8 Å². The van der Waals surface area contributed by atoms with E-state index in [4.69, 9.17) is 4.74 Å². The lowest BCUT2D eigenvalue weighted by Gasteiger charge is -2.27. The number of ether oxygens (including phenoxy) is 1. The number of nitrogens with zero attached hydrogens (tertiary/aromatic N) is 5. The number of hydrazone groups is 1. The summed E-state index contributed by atoms with van der Waals surface area (Å²) < 4.78 is 5.45. The Morgan fingerprint density at radius 1 is 0.968 bits per heavy atom. The quantitative estimate of drug-likeness (QED) is 0.444. The van der Waals surface area contributed by atoms with Crippen LogP contribution in [0.15, 0.2) is 53.6 Å². The number of rotatable bonds is 6. The first-order valence-electron chi connectivity index (χ1n) is 9.94. The molecule has 0 atom stereocenters. The minimum absolute atomic E-state index is 0. The molecule has 0 aliphatic carbocycles. The topological polar surface area (TPSA) is 87.6 Å². The van der Waals surface area contributed by atoms with Crippen molar-refractivity contribution in [3.8, 4) is 0 Å². The number of morpholine rings is 1. The van der Waals surface area contributed by atoms with Crippen LogP contribution in [-0.4, -0.2) is 47.5 Å². The smallest absolute Gasteiger partial charge is 0.250 e. The molecular formula is C22H26ClN7O. The fourth-order valence-electron chi connectivity index (χ4n) is 3.07. The molecule has 0 amide bonds. The van der Waals surface area contributed by atoms with Crippen LogP contribution < -0.4 is 15.6 Å². The molecule has 0 unspecified atom stereocenters. The number of aryl methyl sites for hydroxylation is 2. The number of hydrogen-bond acceptors (Lipinski definition) is 8. The molecule has 0 radical (unpaired) electrons. The molecule has 1 aromatic heterocycles. The van der Waals surface area contributed by atoms with Gasteiger partial charge in [-0.05, 0) is 36.6 Å². The summed E-state index contributed by atoms with van der Waals surface area (Å²) in [7, 11) is 0. The molecule has 1 aliphatic heterocycles. The molecule has 3 aromatic rings. The molecule has 9 heteroatoms. The first kappa shape index (κ1) is 22.5. The summed E-state index contributed by atoms with van der Waals surface area (Å²) in [6, 6.07) is 16.1. The molecule has 2 N–H and O–H groups in total. The molecule has 1 aliphatic rings. The van der Waals surface area contributed by atoms with Crippen molar-refractivity contribution >= 4 is 42.2 Å². The fourth-order valence-corrected chi connectivity index (χ4v) is 3.07. The Kier molecular flexibility index (Phi) is 7.75. The predicted molar refractivity (Wildman–Crippen MR) is 127 cm³/mol. The lowest BCUT2D eigenvalue weighted by Crippen LogP contribution is -2.37. The van der Waals surface area contributed by atoms with Gasteiger partial charge < -0.3 is 15.0 Å². The van der Waals surface area contributed by atoms with E-state index in [2.05, 4.69) is 67.7 Å². The monoisotopic (exact) mass is 439 g/mol. The Hall–Kier alpha value is -3.23. The minimum Gasteiger partial charge on any atom is -0.378 e. The molecular weight excluding hydrogens is 414 g/mol. The summed E-state index contributed by atoms with van der Waals surface area (Å²) in [5, 5.41) is 7.61. The SMILES string of the molecule is Cc1ccc(C)c(Nc2nc(N/N=C/c3ccccc3)nc(N3CCOCC3)n2)c1.Cl. The van der Waals surface area contributed by atoms with Gasteiger partial charge in [0.2, 0.25) is 17.8 Å². The molecule has 0 bridgehead atoms. The van der Waals surface area contributed by atoms with Gasteiger partial charge in [0.25, 0.3) is 0 Å². The fraction of sp³-hybridized carbons (Fsp3) is 0.273. The molecule has 8 nitrogen and oxygen atoms in total. The third-order valence-corrected chi connectivity index (χ3v) is 4.73. The van der Waals surface area contributed by atoms with Gasteiger partial charge in [0.05, 0.1) is 19.4 Å². The zero-order chi connectivity index (χ0) is 20.8. The number of anilines is 4. The number of nitrogens with one attached hydrogen (secondary N) is 2. The second kappa shape index (κ2) is 10.7. The van der Waals surface area contributed by atoms with E-state index >= 15 is 0 Å². The van der Waals surface area contributed by atoms with Crippen LogP contribution in [0.25, 0.3) is 0 Å². The van der Waals surface area contributed by atoms with E-state index < -0.39 is 0 Å². The summed E-state index contributed by atoms with van der Waals surface area (Å²) in [6.45, 7) is 6.89. The molecule has 0 saturated carbocycles. The van der Waals surface area contributed by atoms with Crippen LogP contribution in [-0.2, 0) is 4.74 Å². The van der Waals surface area contributed by atoms with Gasteiger partial charge in [0.1, 0.15) is 0 Å². The van der Waals surface area contributed by atoms with Crippen LogP contribution in [0.4, 0.5) is 23.5 Å². The predicted octanol–water partition coefficient (Wildman–Crippen LogP) is 3.94. The number of aromatic nitrogens is 3. The average molecular weight is 440 g/mol. The summed E-state index contributed by atoms with van der Waals surface area (Å²) in [5.74, 6) is 1.45. The van der Waals surface area contributed by atoms with Crippen LogP contribution in [0.1, 0.15) is 16.7 Å². The Balaban J connectivity index is 0.00000272. The zero-order valence-corrected chi connectivity index (χ0v) is 18.4. The Bertz CT molecular complexity index is 1020. The van der Waals surface area contributed by atoms with E-state index in [1.54, 1.807) is 6.21 Å². The van der Waals surface area contributed by atoms with Crippen LogP contribution in [0.3, 0.4) is 0 Å². The average Bonchev–Trinajstić information content (AvgIpc) is 2.77. The number of hydrogen-bond donors (Lipinski definition) is 2. The van der Waals surface area contributed by atoms with Crippen molar-refractivity contribution in [2.75, 3.05) is 41.9 Å². The highest BCUT2D eigenvalue weighted by molar-refractivity contribution is 5.85. The molecule has 31 heavy (non-hydrogen) atoms. The molecule has 2 aromatic carbocycles. The van der Waals surface area contributed by atoms with Crippen LogP contribution in [0.5, 0.6) is 0 Å². The molecule has 162 valence electrons. The summed E-state index contributed by atoms with van der Waals surface area (Å²) in [4.78, 5) is 15.8. The van der Waals surface area contributed by atoms with Crippen molar-refractivity contribution in [1.29, 1.82) is 0 Å². The van der Waals surface area contributed by atoms with E-state index in [1.807, 2.05) is 30.3 Å². The van der Waals surface area contributed by atoms with Gasteiger partial charge in [-0.1, -0.05) is 42.5 Å². The Labute approximate surface area is 188 Å². The lowest BCUT2D eigenvalue weighted by atomic mass is 10.1.